The second kappa shape index (κ2) is 8.69. The SMILES string of the molecule is Cc1cc(F)ccc1S(=O)(=O)N1CCC(COc2ccc(F)cc2)(CC(N)=O)CC1. The molecule has 0 radical (unpaired) electrons. The fraction of sp³-hybridized carbons (Fsp3) is 0.381. The lowest BCUT2D eigenvalue weighted by Gasteiger charge is -2.40. The molecule has 0 aliphatic carbocycles. The maximum Gasteiger partial charge on any atom is 0.243 e. The van der Waals surface area contributed by atoms with Crippen LogP contribution in [-0.4, -0.2) is 38.3 Å². The molecule has 9 heteroatoms. The summed E-state index contributed by atoms with van der Waals surface area (Å²) in [7, 11) is -3.79. The lowest BCUT2D eigenvalue weighted by Crippen LogP contribution is -2.47. The summed E-state index contributed by atoms with van der Waals surface area (Å²) < 4.78 is 59.5. The molecule has 30 heavy (non-hydrogen) atoms. The number of sulfonamides is 1. The number of hydrogen-bond donors (Lipinski definition) is 1. The number of primary amides is 1. The van der Waals surface area contributed by atoms with Gasteiger partial charge in [-0.3, -0.25) is 4.79 Å². The molecule has 0 atom stereocenters. The molecule has 2 N–H and O–H groups in total. The van der Waals surface area contributed by atoms with Gasteiger partial charge in [0.05, 0.1) is 11.5 Å². The molecule has 0 aromatic heterocycles. The van der Waals surface area contributed by atoms with Crippen molar-refractivity contribution >= 4 is 15.9 Å². The number of ether oxygens (including phenoxy) is 1. The van der Waals surface area contributed by atoms with E-state index in [0.29, 0.717) is 24.2 Å². The Balaban J connectivity index is 1.74. The Morgan fingerprint density at radius 2 is 1.70 bits per heavy atom. The van der Waals surface area contributed by atoms with Crippen LogP contribution >= 0.6 is 0 Å². The van der Waals surface area contributed by atoms with Gasteiger partial charge in [-0.1, -0.05) is 0 Å². The van der Waals surface area contributed by atoms with Crippen LogP contribution in [0.4, 0.5) is 8.78 Å². The van der Waals surface area contributed by atoms with E-state index in [2.05, 4.69) is 0 Å². The quantitative estimate of drug-likeness (QED) is 0.720. The van der Waals surface area contributed by atoms with Crippen molar-refractivity contribution in [3.8, 4) is 5.75 Å². The van der Waals surface area contributed by atoms with Crippen molar-refractivity contribution in [1.82, 2.24) is 4.31 Å². The van der Waals surface area contributed by atoms with Crippen molar-refractivity contribution in [2.45, 2.75) is 31.1 Å². The first-order valence-corrected chi connectivity index (χ1v) is 11.0. The average Bonchev–Trinajstić information content (AvgIpc) is 2.67. The normalized spacial score (nSPS) is 16.9. The summed E-state index contributed by atoms with van der Waals surface area (Å²) >= 11 is 0. The molecule has 3 rings (SSSR count). The van der Waals surface area contributed by atoms with Gasteiger partial charge in [-0.25, -0.2) is 17.2 Å². The number of hydrogen-bond acceptors (Lipinski definition) is 4. The zero-order chi connectivity index (χ0) is 21.9. The molecule has 1 aliphatic heterocycles. The predicted octanol–water partition coefficient (Wildman–Crippen LogP) is 3.00. The van der Waals surface area contributed by atoms with Crippen LogP contribution in [0.2, 0.25) is 0 Å². The minimum Gasteiger partial charge on any atom is -0.493 e. The highest BCUT2D eigenvalue weighted by atomic mass is 32.2. The zero-order valence-electron chi connectivity index (χ0n) is 16.6. The first-order chi connectivity index (χ1) is 14.1. The summed E-state index contributed by atoms with van der Waals surface area (Å²) in [5, 5.41) is 0. The standard InChI is InChI=1S/C21H24F2N2O4S/c1-15-12-17(23)4-7-19(15)30(27,28)25-10-8-21(9-11-25,13-20(24)26)14-29-18-5-2-16(22)3-6-18/h2-7,12H,8-11,13-14H2,1H3,(H2,24,26). The van der Waals surface area contributed by atoms with Gasteiger partial charge in [0, 0.05) is 24.9 Å². The number of nitrogens with zero attached hydrogens (tertiary/aromatic N) is 1. The molecule has 1 heterocycles. The van der Waals surface area contributed by atoms with Gasteiger partial charge in [-0.2, -0.15) is 4.31 Å². The van der Waals surface area contributed by atoms with E-state index in [-0.39, 0.29) is 36.8 Å². The summed E-state index contributed by atoms with van der Waals surface area (Å²) in [5.41, 5.74) is 5.15. The van der Waals surface area contributed by atoms with Gasteiger partial charge in [-0.15, -0.1) is 0 Å². The monoisotopic (exact) mass is 438 g/mol. The highest BCUT2D eigenvalue weighted by Gasteiger charge is 2.40. The van der Waals surface area contributed by atoms with E-state index in [9.17, 15) is 22.0 Å². The lowest BCUT2D eigenvalue weighted by molar-refractivity contribution is -0.121. The Kier molecular flexibility index (Phi) is 6.42. The van der Waals surface area contributed by atoms with Gasteiger partial charge in [0.15, 0.2) is 0 Å². The largest absolute Gasteiger partial charge is 0.493 e. The van der Waals surface area contributed by atoms with Crippen LogP contribution < -0.4 is 10.5 Å². The molecule has 6 nitrogen and oxygen atoms in total. The fourth-order valence-electron chi connectivity index (χ4n) is 3.75. The number of amides is 1. The Hall–Kier alpha value is -2.52. The van der Waals surface area contributed by atoms with Crippen molar-refractivity contribution in [3.63, 3.8) is 0 Å². The van der Waals surface area contributed by atoms with Gasteiger partial charge in [0.2, 0.25) is 15.9 Å². The number of rotatable bonds is 7. The molecule has 1 fully saturated rings. The topological polar surface area (TPSA) is 89.7 Å². The summed E-state index contributed by atoms with van der Waals surface area (Å²) in [6.45, 7) is 2.07. The second-order valence-corrected chi connectivity index (χ2v) is 9.61. The smallest absolute Gasteiger partial charge is 0.243 e. The van der Waals surface area contributed by atoms with Crippen LogP contribution in [0.1, 0.15) is 24.8 Å². The molecule has 0 saturated carbocycles. The third-order valence-corrected chi connectivity index (χ3v) is 7.50. The van der Waals surface area contributed by atoms with E-state index in [1.54, 1.807) is 6.92 Å². The zero-order valence-corrected chi connectivity index (χ0v) is 17.4. The number of aryl methyl sites for hydroxylation is 1. The van der Waals surface area contributed by atoms with Crippen LogP contribution in [0.5, 0.6) is 5.75 Å². The number of carbonyl (C=O) groups excluding carboxylic acids is 1. The minimum absolute atomic E-state index is 0.0532. The van der Waals surface area contributed by atoms with E-state index < -0.39 is 27.2 Å². The molecule has 0 bridgehead atoms. The fourth-order valence-corrected chi connectivity index (χ4v) is 5.40. The molecular weight excluding hydrogens is 414 g/mol. The maximum atomic E-state index is 13.4. The predicted molar refractivity (Wildman–Crippen MR) is 107 cm³/mol. The third kappa shape index (κ3) is 4.96. The first-order valence-electron chi connectivity index (χ1n) is 9.54. The second-order valence-electron chi connectivity index (χ2n) is 7.70. The van der Waals surface area contributed by atoms with Crippen LogP contribution in [0.25, 0.3) is 0 Å². The van der Waals surface area contributed by atoms with E-state index in [1.807, 2.05) is 0 Å². The Bertz CT molecular complexity index is 1020. The molecule has 162 valence electrons. The van der Waals surface area contributed by atoms with Crippen LogP contribution in [0.15, 0.2) is 47.4 Å². The average molecular weight is 438 g/mol. The molecule has 2 aromatic rings. The summed E-state index contributed by atoms with van der Waals surface area (Å²) in [5.74, 6) is -0.923. The molecule has 1 aliphatic rings. The Labute approximate surface area is 174 Å². The van der Waals surface area contributed by atoms with Crippen molar-refractivity contribution in [1.29, 1.82) is 0 Å². The number of carbonyl (C=O) groups is 1. The molecule has 1 amide bonds. The van der Waals surface area contributed by atoms with E-state index in [1.165, 1.54) is 40.7 Å². The summed E-state index contributed by atoms with van der Waals surface area (Å²) in [6, 6.07) is 9.10. The van der Waals surface area contributed by atoms with E-state index in [4.69, 9.17) is 10.5 Å². The van der Waals surface area contributed by atoms with Crippen LogP contribution in [0, 0.1) is 24.0 Å². The van der Waals surface area contributed by atoms with E-state index in [0.717, 1.165) is 6.07 Å². The van der Waals surface area contributed by atoms with Crippen molar-refractivity contribution in [2.75, 3.05) is 19.7 Å². The molecular formula is C21H24F2N2O4S. The lowest BCUT2D eigenvalue weighted by atomic mass is 9.76. The van der Waals surface area contributed by atoms with Gasteiger partial charge >= 0.3 is 0 Å². The third-order valence-electron chi connectivity index (χ3n) is 5.45. The number of nitrogens with two attached hydrogens (primary N) is 1. The van der Waals surface area contributed by atoms with Gasteiger partial charge in [0.25, 0.3) is 0 Å². The molecule has 2 aromatic carbocycles. The van der Waals surface area contributed by atoms with E-state index >= 15 is 0 Å². The molecule has 0 spiro atoms. The van der Waals surface area contributed by atoms with Gasteiger partial charge < -0.3 is 10.5 Å². The Morgan fingerprint density at radius 1 is 1.10 bits per heavy atom. The number of benzene rings is 2. The molecule has 0 unspecified atom stereocenters. The minimum atomic E-state index is -3.79. The summed E-state index contributed by atoms with van der Waals surface area (Å²) in [4.78, 5) is 11.7. The van der Waals surface area contributed by atoms with Crippen molar-refractivity contribution in [3.05, 3.63) is 59.7 Å². The highest BCUT2D eigenvalue weighted by molar-refractivity contribution is 7.89. The summed E-state index contributed by atoms with van der Waals surface area (Å²) in [6.07, 6.45) is 0.797. The number of piperidine rings is 1. The van der Waals surface area contributed by atoms with Crippen molar-refractivity contribution < 1.29 is 26.7 Å². The molecule has 1 saturated heterocycles. The number of halogens is 2. The van der Waals surface area contributed by atoms with Gasteiger partial charge in [0.1, 0.15) is 17.4 Å². The maximum absolute atomic E-state index is 13.4. The van der Waals surface area contributed by atoms with Crippen molar-refractivity contribution in [2.24, 2.45) is 11.1 Å². The van der Waals surface area contributed by atoms with Crippen LogP contribution in [0.3, 0.4) is 0 Å². The van der Waals surface area contributed by atoms with Gasteiger partial charge in [-0.05, 0) is 67.8 Å². The highest BCUT2D eigenvalue weighted by Crippen LogP contribution is 2.37. The first kappa shape index (κ1) is 22.2. The Morgan fingerprint density at radius 3 is 2.27 bits per heavy atom. The van der Waals surface area contributed by atoms with Crippen LogP contribution in [-0.2, 0) is 14.8 Å².